The molecule has 1 aromatic rings. The van der Waals surface area contributed by atoms with Gasteiger partial charge in [-0.05, 0) is 56.9 Å². The number of nitrogens with zero attached hydrogens (tertiary/aromatic N) is 1. The fraction of sp³-hybridized carbons (Fsp3) is 0.632. The first-order valence-corrected chi connectivity index (χ1v) is 11.1. The Morgan fingerprint density at radius 3 is 2.50 bits per heavy atom. The predicted molar refractivity (Wildman–Crippen MR) is 104 cm³/mol. The van der Waals surface area contributed by atoms with Crippen LogP contribution >= 0.6 is 11.6 Å². The van der Waals surface area contributed by atoms with Gasteiger partial charge in [0.2, 0.25) is 0 Å². The molecule has 1 saturated heterocycles. The lowest BCUT2D eigenvalue weighted by Gasteiger charge is -2.37. The minimum absolute atomic E-state index is 0.0794. The van der Waals surface area contributed by atoms with Crippen molar-refractivity contribution in [3.05, 3.63) is 29.3 Å². The van der Waals surface area contributed by atoms with E-state index in [1.54, 1.807) is 43.0 Å². The van der Waals surface area contributed by atoms with Crippen LogP contribution in [0.5, 0.6) is 5.75 Å². The molecule has 1 atom stereocenters. The van der Waals surface area contributed by atoms with Crippen molar-refractivity contribution in [2.45, 2.75) is 51.4 Å². The van der Waals surface area contributed by atoms with Gasteiger partial charge in [0.25, 0.3) is 5.91 Å². The van der Waals surface area contributed by atoms with Crippen LogP contribution in [0.15, 0.2) is 24.3 Å². The van der Waals surface area contributed by atoms with Crippen molar-refractivity contribution in [1.82, 2.24) is 4.90 Å². The van der Waals surface area contributed by atoms with Crippen LogP contribution < -0.4 is 4.74 Å². The molecule has 2 rings (SSSR count). The monoisotopic (exact) mass is 401 g/mol. The highest BCUT2D eigenvalue weighted by Crippen LogP contribution is 2.25. The molecule has 5 nitrogen and oxygen atoms in total. The van der Waals surface area contributed by atoms with Gasteiger partial charge in [-0.3, -0.25) is 4.79 Å². The van der Waals surface area contributed by atoms with Gasteiger partial charge < -0.3 is 9.64 Å². The van der Waals surface area contributed by atoms with Gasteiger partial charge in [-0.15, -0.1) is 0 Å². The molecule has 1 aliphatic rings. The Bertz CT molecular complexity index is 728. The molecule has 0 unspecified atom stereocenters. The molecule has 0 spiro atoms. The summed E-state index contributed by atoms with van der Waals surface area (Å²) in [5, 5.41) is 0.102. The van der Waals surface area contributed by atoms with E-state index in [1.807, 2.05) is 13.8 Å². The summed E-state index contributed by atoms with van der Waals surface area (Å²) in [6.45, 7) is 7.99. The third-order valence-corrected chi connectivity index (χ3v) is 7.22. The fourth-order valence-corrected chi connectivity index (χ4v) is 5.50. The maximum absolute atomic E-state index is 13.0. The van der Waals surface area contributed by atoms with E-state index in [2.05, 4.69) is 0 Å². The number of carbonyl (C=O) groups excluding carboxylic acids is 1. The standard InChI is InChI=1S/C19H28ClNO4S/c1-14(2)13-26(23,24)17-6-5-11-21(12-17)18(22)19(3,4)25-16-9-7-15(20)8-10-16/h7-10,14,17H,5-6,11-13H2,1-4H3/t17-/m1/s1. The molecule has 1 aromatic carbocycles. The molecule has 0 radical (unpaired) electrons. The normalized spacial score (nSPS) is 18.8. The molecule has 1 amide bonds. The van der Waals surface area contributed by atoms with Crippen LogP contribution in [0.25, 0.3) is 0 Å². The Kier molecular flexibility index (Phi) is 6.61. The van der Waals surface area contributed by atoms with E-state index in [9.17, 15) is 13.2 Å². The summed E-state index contributed by atoms with van der Waals surface area (Å²) < 4.78 is 31.0. The number of rotatable bonds is 6. The number of amides is 1. The quantitative estimate of drug-likeness (QED) is 0.731. The van der Waals surface area contributed by atoms with Crippen LogP contribution in [0.2, 0.25) is 5.02 Å². The lowest BCUT2D eigenvalue weighted by atomic mass is 10.0. The van der Waals surface area contributed by atoms with Gasteiger partial charge in [0.15, 0.2) is 15.4 Å². The van der Waals surface area contributed by atoms with Crippen LogP contribution in [0.4, 0.5) is 0 Å². The third-order valence-electron chi connectivity index (χ3n) is 4.44. The number of halogens is 1. The largest absolute Gasteiger partial charge is 0.478 e. The van der Waals surface area contributed by atoms with Gasteiger partial charge in [0.1, 0.15) is 5.75 Å². The highest BCUT2D eigenvalue weighted by molar-refractivity contribution is 7.92. The van der Waals surface area contributed by atoms with Crippen molar-refractivity contribution < 1.29 is 17.9 Å². The Morgan fingerprint density at radius 1 is 1.31 bits per heavy atom. The van der Waals surface area contributed by atoms with Gasteiger partial charge >= 0.3 is 0 Å². The number of hydrogen-bond acceptors (Lipinski definition) is 4. The number of likely N-dealkylation sites (tertiary alicyclic amines) is 1. The second-order valence-corrected chi connectivity index (χ2v) is 10.6. The zero-order valence-corrected chi connectivity index (χ0v) is 17.4. The first-order valence-electron chi connectivity index (χ1n) is 8.97. The zero-order valence-electron chi connectivity index (χ0n) is 15.9. The van der Waals surface area contributed by atoms with E-state index in [-0.39, 0.29) is 24.1 Å². The van der Waals surface area contributed by atoms with Crippen LogP contribution in [-0.4, -0.2) is 48.9 Å². The van der Waals surface area contributed by atoms with Crippen LogP contribution in [-0.2, 0) is 14.6 Å². The summed E-state index contributed by atoms with van der Waals surface area (Å²) in [7, 11) is -3.21. The zero-order chi connectivity index (χ0) is 19.5. The third kappa shape index (κ3) is 5.36. The second-order valence-electron chi connectivity index (χ2n) is 7.81. The molecule has 0 bridgehead atoms. The van der Waals surface area contributed by atoms with Crippen LogP contribution in [0, 0.1) is 5.92 Å². The average Bonchev–Trinajstić information content (AvgIpc) is 2.55. The Balaban J connectivity index is 2.08. The lowest BCUT2D eigenvalue weighted by molar-refractivity contribution is -0.146. The van der Waals surface area contributed by atoms with Crippen molar-refractivity contribution >= 4 is 27.3 Å². The van der Waals surface area contributed by atoms with E-state index in [4.69, 9.17) is 16.3 Å². The average molecular weight is 402 g/mol. The molecule has 1 aliphatic heterocycles. The number of sulfone groups is 1. The molecule has 0 aliphatic carbocycles. The molecular weight excluding hydrogens is 374 g/mol. The summed E-state index contributed by atoms with van der Waals surface area (Å²) in [6, 6.07) is 6.83. The first kappa shape index (κ1) is 21.0. The van der Waals surface area contributed by atoms with Crippen molar-refractivity contribution in [1.29, 1.82) is 0 Å². The maximum Gasteiger partial charge on any atom is 0.266 e. The number of carbonyl (C=O) groups is 1. The SMILES string of the molecule is CC(C)CS(=O)(=O)[C@@H]1CCCN(C(=O)C(C)(C)Oc2ccc(Cl)cc2)C1. The van der Waals surface area contributed by atoms with Crippen molar-refractivity contribution in [3.63, 3.8) is 0 Å². The van der Waals surface area contributed by atoms with Crippen molar-refractivity contribution in [2.75, 3.05) is 18.8 Å². The summed E-state index contributed by atoms with van der Waals surface area (Å²) >= 11 is 5.87. The van der Waals surface area contributed by atoms with Gasteiger partial charge in [0.05, 0.1) is 11.0 Å². The summed E-state index contributed by atoms with van der Waals surface area (Å²) in [5.74, 6) is 0.589. The van der Waals surface area contributed by atoms with E-state index < -0.39 is 20.7 Å². The van der Waals surface area contributed by atoms with E-state index in [1.165, 1.54) is 0 Å². The van der Waals surface area contributed by atoms with Gasteiger partial charge in [-0.25, -0.2) is 8.42 Å². The molecule has 1 fully saturated rings. The first-order chi connectivity index (χ1) is 12.0. The number of ether oxygens (including phenoxy) is 1. The molecule has 26 heavy (non-hydrogen) atoms. The minimum Gasteiger partial charge on any atom is -0.478 e. The summed E-state index contributed by atoms with van der Waals surface area (Å²) in [5.41, 5.74) is -1.09. The molecule has 0 aromatic heterocycles. The number of benzene rings is 1. The molecule has 0 N–H and O–H groups in total. The van der Waals surface area contributed by atoms with Gasteiger partial charge in [-0.1, -0.05) is 25.4 Å². The van der Waals surface area contributed by atoms with Gasteiger partial charge in [0, 0.05) is 18.1 Å². The van der Waals surface area contributed by atoms with E-state index >= 15 is 0 Å². The smallest absolute Gasteiger partial charge is 0.266 e. The number of piperidine rings is 1. The van der Waals surface area contributed by atoms with Crippen LogP contribution in [0.1, 0.15) is 40.5 Å². The topological polar surface area (TPSA) is 63.7 Å². The Labute approximate surface area is 161 Å². The Hall–Kier alpha value is -1.27. The van der Waals surface area contributed by atoms with Crippen molar-refractivity contribution in [3.8, 4) is 5.75 Å². The molecule has 1 heterocycles. The summed E-state index contributed by atoms with van der Waals surface area (Å²) in [4.78, 5) is 14.6. The highest BCUT2D eigenvalue weighted by atomic mass is 35.5. The van der Waals surface area contributed by atoms with Gasteiger partial charge in [-0.2, -0.15) is 0 Å². The maximum atomic E-state index is 13.0. The van der Waals surface area contributed by atoms with E-state index in [0.29, 0.717) is 30.2 Å². The minimum atomic E-state index is -3.21. The molecule has 7 heteroatoms. The molecular formula is C19H28ClNO4S. The molecule has 146 valence electrons. The Morgan fingerprint density at radius 2 is 1.92 bits per heavy atom. The number of hydrogen-bond donors (Lipinski definition) is 0. The van der Waals surface area contributed by atoms with Crippen molar-refractivity contribution in [2.24, 2.45) is 5.92 Å². The summed E-state index contributed by atoms with van der Waals surface area (Å²) in [6.07, 6.45) is 1.29. The lowest BCUT2D eigenvalue weighted by Crippen LogP contribution is -2.54. The molecule has 0 saturated carbocycles. The van der Waals surface area contributed by atoms with E-state index in [0.717, 1.165) is 0 Å². The predicted octanol–water partition coefficient (Wildman–Crippen LogP) is 3.56. The highest BCUT2D eigenvalue weighted by Gasteiger charge is 2.39. The second kappa shape index (κ2) is 8.17. The fourth-order valence-electron chi connectivity index (χ4n) is 3.24. The van der Waals surface area contributed by atoms with Crippen LogP contribution in [0.3, 0.4) is 0 Å².